The molecule has 0 amide bonds. The standard InChI is InChI=1S/C13H12PS/c1-14(15,12-8-4-2-5-9-12)13-10-6-3-7-11-13/h2-11H,1H2/q-1. The second-order valence-corrected chi connectivity index (χ2v) is 7.79. The Morgan fingerprint density at radius 2 is 1.07 bits per heavy atom. The van der Waals surface area contributed by atoms with Gasteiger partial charge < -0.3 is 12.2 Å². The van der Waals surface area contributed by atoms with Crippen molar-refractivity contribution in [3.63, 3.8) is 0 Å². The molecule has 2 heteroatoms. The number of benzene rings is 2. The van der Waals surface area contributed by atoms with Crippen molar-refractivity contribution in [1.82, 2.24) is 0 Å². The first-order valence-corrected chi connectivity index (χ1v) is 7.75. The van der Waals surface area contributed by atoms with Gasteiger partial charge in [-0.15, -0.1) is 6.30 Å². The van der Waals surface area contributed by atoms with Crippen molar-refractivity contribution in [2.45, 2.75) is 0 Å². The molecule has 0 spiro atoms. The molecule has 0 fully saturated rings. The van der Waals surface area contributed by atoms with Crippen LogP contribution in [0.25, 0.3) is 0 Å². The molecular weight excluding hydrogens is 219 g/mol. The molecule has 0 aromatic heterocycles. The van der Waals surface area contributed by atoms with E-state index in [0.717, 1.165) is 0 Å². The molecule has 0 saturated heterocycles. The van der Waals surface area contributed by atoms with Crippen molar-refractivity contribution in [1.29, 1.82) is 0 Å². The molecule has 0 heterocycles. The van der Waals surface area contributed by atoms with E-state index in [1.54, 1.807) is 0 Å². The summed E-state index contributed by atoms with van der Waals surface area (Å²) >= 11 is 5.68. The first-order valence-electron chi connectivity index (χ1n) is 4.77. The molecule has 0 radical (unpaired) electrons. The molecule has 0 unspecified atom stereocenters. The Morgan fingerprint density at radius 1 is 0.733 bits per heavy atom. The van der Waals surface area contributed by atoms with E-state index in [2.05, 4.69) is 30.6 Å². The van der Waals surface area contributed by atoms with Gasteiger partial charge in [-0.25, -0.2) is 0 Å². The van der Waals surface area contributed by atoms with Crippen LogP contribution in [0.2, 0.25) is 0 Å². The molecule has 0 aliphatic heterocycles. The number of hydrogen-bond acceptors (Lipinski definition) is 1. The zero-order chi connectivity index (χ0) is 10.7. The molecule has 15 heavy (non-hydrogen) atoms. The van der Waals surface area contributed by atoms with Crippen LogP contribution in [0.3, 0.4) is 0 Å². The Bertz CT molecular complexity index is 433. The minimum atomic E-state index is -1.81. The third-order valence-corrected chi connectivity index (χ3v) is 5.88. The molecule has 2 aromatic carbocycles. The zero-order valence-corrected chi connectivity index (χ0v) is 10.0. The van der Waals surface area contributed by atoms with E-state index in [9.17, 15) is 0 Å². The Kier molecular flexibility index (Phi) is 3.04. The maximum absolute atomic E-state index is 5.68. The van der Waals surface area contributed by atoms with Gasteiger partial charge in [0.25, 0.3) is 0 Å². The van der Waals surface area contributed by atoms with Gasteiger partial charge in [0, 0.05) is 0 Å². The largest absolute Gasteiger partial charge is 0.749 e. The van der Waals surface area contributed by atoms with E-state index < -0.39 is 6.09 Å². The molecule has 0 aliphatic rings. The van der Waals surface area contributed by atoms with Gasteiger partial charge in [-0.3, -0.25) is 0 Å². The minimum Gasteiger partial charge on any atom is -0.749 e. The lowest BCUT2D eigenvalue weighted by atomic mass is 10.4. The van der Waals surface area contributed by atoms with Gasteiger partial charge in [-0.1, -0.05) is 60.7 Å². The van der Waals surface area contributed by atoms with E-state index in [1.807, 2.05) is 36.4 Å². The monoisotopic (exact) mass is 231 g/mol. The molecule has 0 saturated carbocycles. The molecule has 0 atom stereocenters. The van der Waals surface area contributed by atoms with Crippen LogP contribution in [0.1, 0.15) is 0 Å². The van der Waals surface area contributed by atoms with Crippen LogP contribution in [-0.2, 0) is 12.2 Å². The fourth-order valence-electron chi connectivity index (χ4n) is 1.49. The zero-order valence-electron chi connectivity index (χ0n) is 8.34. The topological polar surface area (TPSA) is 0 Å². The number of hydrogen-bond donors (Lipinski definition) is 0. The molecule has 0 N–H and O–H groups in total. The summed E-state index contributed by atoms with van der Waals surface area (Å²) in [7, 11) is 0. The Morgan fingerprint density at radius 3 is 1.40 bits per heavy atom. The first kappa shape index (κ1) is 10.6. The molecule has 0 bridgehead atoms. The Hall–Kier alpha value is -0.910. The highest BCUT2D eigenvalue weighted by atomic mass is 32.7. The van der Waals surface area contributed by atoms with Gasteiger partial charge in [0.1, 0.15) is 0 Å². The fourth-order valence-corrected chi connectivity index (χ4v) is 3.82. The van der Waals surface area contributed by atoms with E-state index in [0.29, 0.717) is 0 Å². The van der Waals surface area contributed by atoms with Crippen molar-refractivity contribution < 1.29 is 0 Å². The van der Waals surface area contributed by atoms with Gasteiger partial charge in [0.2, 0.25) is 0 Å². The van der Waals surface area contributed by atoms with Crippen molar-refractivity contribution in [2.24, 2.45) is 0 Å². The molecule has 2 rings (SSSR count). The minimum absolute atomic E-state index is 1.17. The summed E-state index contributed by atoms with van der Waals surface area (Å²) in [5.74, 6) is 0. The third kappa shape index (κ3) is 2.19. The van der Waals surface area contributed by atoms with Gasteiger partial charge in [0.05, 0.1) is 0 Å². The molecule has 0 nitrogen and oxygen atoms in total. The van der Waals surface area contributed by atoms with Crippen LogP contribution >= 0.6 is 6.09 Å². The van der Waals surface area contributed by atoms with E-state index in [-0.39, 0.29) is 0 Å². The summed E-state index contributed by atoms with van der Waals surface area (Å²) in [5, 5.41) is 2.34. The first-order chi connectivity index (χ1) is 7.21. The van der Waals surface area contributed by atoms with E-state index in [1.165, 1.54) is 10.6 Å². The summed E-state index contributed by atoms with van der Waals surface area (Å²) in [6, 6.07) is 20.4. The van der Waals surface area contributed by atoms with Gasteiger partial charge >= 0.3 is 0 Å². The van der Waals surface area contributed by atoms with Crippen LogP contribution in [0.4, 0.5) is 0 Å². The quantitative estimate of drug-likeness (QED) is 0.565. The summed E-state index contributed by atoms with van der Waals surface area (Å²) in [4.78, 5) is 0. The van der Waals surface area contributed by atoms with Crippen LogP contribution in [0, 0.1) is 0 Å². The second-order valence-electron chi connectivity index (χ2n) is 3.41. The summed E-state index contributed by atoms with van der Waals surface area (Å²) < 4.78 is 0. The average Bonchev–Trinajstić information content (AvgIpc) is 2.31. The smallest absolute Gasteiger partial charge is 0.0436 e. The predicted octanol–water partition coefficient (Wildman–Crippen LogP) is 2.55. The normalized spacial score (nSPS) is 11.3. The summed E-state index contributed by atoms with van der Waals surface area (Å²) in [6.45, 7) is 0. The number of rotatable bonds is 2. The highest BCUT2D eigenvalue weighted by Gasteiger charge is 2.03. The highest BCUT2D eigenvalue weighted by Crippen LogP contribution is 2.39. The lowest BCUT2D eigenvalue weighted by Gasteiger charge is -2.32. The van der Waals surface area contributed by atoms with Gasteiger partial charge in [0.15, 0.2) is 0 Å². The highest BCUT2D eigenvalue weighted by molar-refractivity contribution is 8.46. The van der Waals surface area contributed by atoms with Crippen molar-refractivity contribution >= 4 is 35.2 Å². The third-order valence-electron chi connectivity index (χ3n) is 2.35. The molecular formula is C13H12PS-. The molecule has 76 valence electrons. The summed E-state index contributed by atoms with van der Waals surface area (Å²) in [5.41, 5.74) is 0. The maximum atomic E-state index is 5.68. The Balaban J connectivity index is 2.50. The lowest BCUT2D eigenvalue weighted by Crippen LogP contribution is -2.13. The molecule has 0 aliphatic carbocycles. The average molecular weight is 231 g/mol. The van der Waals surface area contributed by atoms with Gasteiger partial charge in [-0.05, 0) is 10.6 Å². The fraction of sp³-hybridized carbons (Fsp3) is 0. The second kappa shape index (κ2) is 4.30. The van der Waals surface area contributed by atoms with Crippen molar-refractivity contribution in [3.8, 4) is 0 Å². The van der Waals surface area contributed by atoms with Crippen LogP contribution in [-0.4, -0.2) is 6.30 Å². The lowest BCUT2D eigenvalue weighted by molar-refractivity contribution is 1.76. The van der Waals surface area contributed by atoms with Crippen LogP contribution < -0.4 is 10.6 Å². The summed E-state index contributed by atoms with van der Waals surface area (Å²) in [6.07, 6.45) is 2.42. The van der Waals surface area contributed by atoms with Crippen molar-refractivity contribution in [2.75, 3.05) is 0 Å². The van der Waals surface area contributed by atoms with E-state index in [4.69, 9.17) is 12.2 Å². The van der Waals surface area contributed by atoms with Crippen LogP contribution in [0.15, 0.2) is 60.7 Å². The van der Waals surface area contributed by atoms with Crippen molar-refractivity contribution in [3.05, 3.63) is 60.7 Å². The predicted molar refractivity (Wildman–Crippen MR) is 73.6 cm³/mol. The molecule has 2 aromatic rings. The van der Waals surface area contributed by atoms with E-state index >= 15 is 0 Å². The maximum Gasteiger partial charge on any atom is -0.0436 e. The van der Waals surface area contributed by atoms with Crippen LogP contribution in [0.5, 0.6) is 0 Å². The Labute approximate surface area is 96.1 Å². The van der Waals surface area contributed by atoms with Gasteiger partial charge in [-0.2, -0.15) is 6.09 Å². The SMILES string of the molecule is C=P([S-])(c1ccccc1)c1ccccc1.